The smallest absolute Gasteiger partial charge is 0.269 e. The summed E-state index contributed by atoms with van der Waals surface area (Å²) in [6.45, 7) is 0. The van der Waals surface area contributed by atoms with Gasteiger partial charge in [0.25, 0.3) is 11.6 Å². The number of benzene rings is 2. The summed E-state index contributed by atoms with van der Waals surface area (Å²) in [5, 5.41) is 21.1. The molecule has 3 rings (SSSR count). The van der Waals surface area contributed by atoms with Gasteiger partial charge >= 0.3 is 0 Å². The van der Waals surface area contributed by atoms with Crippen LogP contribution in [0.4, 0.5) is 10.8 Å². The molecule has 0 fully saturated rings. The van der Waals surface area contributed by atoms with Crippen LogP contribution in [0.25, 0.3) is 0 Å². The van der Waals surface area contributed by atoms with Gasteiger partial charge in [0.05, 0.1) is 9.82 Å². The molecule has 9 nitrogen and oxygen atoms in total. The van der Waals surface area contributed by atoms with Gasteiger partial charge in [-0.15, -0.1) is 10.2 Å². The number of non-ortho nitro benzene ring substituents is 1. The molecule has 0 spiro atoms. The van der Waals surface area contributed by atoms with Gasteiger partial charge in [-0.05, 0) is 24.3 Å². The van der Waals surface area contributed by atoms with Gasteiger partial charge in [0.15, 0.2) is 9.84 Å². The van der Waals surface area contributed by atoms with Crippen LogP contribution in [-0.4, -0.2) is 29.4 Å². The maximum absolute atomic E-state index is 12.3. The molecule has 1 heterocycles. The van der Waals surface area contributed by atoms with E-state index in [2.05, 4.69) is 15.5 Å². The van der Waals surface area contributed by atoms with Gasteiger partial charge in [-0.3, -0.25) is 20.2 Å². The van der Waals surface area contributed by atoms with E-state index in [1.807, 2.05) is 0 Å². The second kappa shape index (κ2) is 7.60. The summed E-state index contributed by atoms with van der Waals surface area (Å²) in [6.07, 6.45) is 0. The van der Waals surface area contributed by atoms with Crippen LogP contribution >= 0.6 is 11.3 Å². The zero-order chi connectivity index (χ0) is 19.4. The number of sulfone groups is 1. The van der Waals surface area contributed by atoms with Crippen molar-refractivity contribution in [1.29, 1.82) is 0 Å². The third-order valence-corrected chi connectivity index (χ3v) is 6.11. The third kappa shape index (κ3) is 4.51. The number of rotatable bonds is 6. The first-order valence-corrected chi connectivity index (χ1v) is 9.98. The van der Waals surface area contributed by atoms with Crippen LogP contribution in [0.2, 0.25) is 0 Å². The molecule has 0 saturated heterocycles. The average Bonchev–Trinajstić information content (AvgIpc) is 3.08. The van der Waals surface area contributed by atoms with Gasteiger partial charge in [0.2, 0.25) is 5.13 Å². The van der Waals surface area contributed by atoms with Crippen LogP contribution in [-0.2, 0) is 15.6 Å². The summed E-state index contributed by atoms with van der Waals surface area (Å²) in [5.74, 6) is -0.860. The summed E-state index contributed by atoms with van der Waals surface area (Å²) in [4.78, 5) is 22.4. The molecule has 0 aliphatic heterocycles. The molecular formula is C16H12N4O5S2. The first-order valence-electron chi connectivity index (χ1n) is 7.51. The lowest BCUT2D eigenvalue weighted by Gasteiger charge is -2.01. The Hall–Kier alpha value is -3.18. The molecule has 2 aromatic carbocycles. The van der Waals surface area contributed by atoms with Gasteiger partial charge in [0.1, 0.15) is 10.8 Å². The molecule has 0 atom stereocenters. The molecule has 1 amide bonds. The number of carbonyl (C=O) groups is 1. The Bertz CT molecular complexity index is 1080. The first kappa shape index (κ1) is 18.6. The lowest BCUT2D eigenvalue weighted by Crippen LogP contribution is -2.11. The van der Waals surface area contributed by atoms with Crippen LogP contribution in [0.3, 0.4) is 0 Å². The van der Waals surface area contributed by atoms with E-state index in [1.54, 1.807) is 18.2 Å². The Labute approximate surface area is 157 Å². The van der Waals surface area contributed by atoms with Crippen molar-refractivity contribution < 1.29 is 18.1 Å². The minimum Gasteiger partial charge on any atom is -0.296 e. The zero-order valence-electron chi connectivity index (χ0n) is 13.6. The highest BCUT2D eigenvalue weighted by atomic mass is 32.2. The minimum absolute atomic E-state index is 0.129. The predicted octanol–water partition coefficient (Wildman–Crippen LogP) is 2.67. The summed E-state index contributed by atoms with van der Waals surface area (Å²) in [7, 11) is -3.56. The molecule has 0 aliphatic carbocycles. The lowest BCUT2D eigenvalue weighted by molar-refractivity contribution is -0.384. The molecule has 3 aromatic rings. The number of nitrogens with one attached hydrogen (secondary N) is 1. The molecule has 11 heteroatoms. The summed E-state index contributed by atoms with van der Waals surface area (Å²) < 4.78 is 24.7. The van der Waals surface area contributed by atoms with Gasteiger partial charge in [-0.2, -0.15) is 0 Å². The van der Waals surface area contributed by atoms with E-state index >= 15 is 0 Å². The van der Waals surface area contributed by atoms with Crippen molar-refractivity contribution in [3.05, 3.63) is 75.3 Å². The third-order valence-electron chi connectivity index (χ3n) is 3.44. The number of nitro groups is 1. The van der Waals surface area contributed by atoms with Crippen molar-refractivity contribution in [3.8, 4) is 0 Å². The van der Waals surface area contributed by atoms with Crippen LogP contribution in [0.5, 0.6) is 0 Å². The van der Waals surface area contributed by atoms with E-state index < -0.39 is 20.7 Å². The Morgan fingerprint density at radius 2 is 1.74 bits per heavy atom. The number of hydrogen-bond acceptors (Lipinski definition) is 8. The molecule has 0 radical (unpaired) electrons. The topological polar surface area (TPSA) is 132 Å². The van der Waals surface area contributed by atoms with E-state index in [4.69, 9.17) is 0 Å². The van der Waals surface area contributed by atoms with Crippen LogP contribution in [0.1, 0.15) is 15.4 Å². The maximum atomic E-state index is 12.3. The summed E-state index contributed by atoms with van der Waals surface area (Å²) in [6, 6.07) is 13.0. The van der Waals surface area contributed by atoms with Crippen molar-refractivity contribution in [2.24, 2.45) is 0 Å². The Morgan fingerprint density at radius 1 is 1.07 bits per heavy atom. The lowest BCUT2D eigenvalue weighted by atomic mass is 10.2. The molecular weight excluding hydrogens is 392 g/mol. The fourth-order valence-corrected chi connectivity index (χ4v) is 4.49. The monoisotopic (exact) mass is 404 g/mol. The zero-order valence-corrected chi connectivity index (χ0v) is 15.2. The Kier molecular flexibility index (Phi) is 5.23. The molecule has 0 unspecified atom stereocenters. The number of aromatic nitrogens is 2. The normalized spacial score (nSPS) is 11.1. The fourth-order valence-electron chi connectivity index (χ4n) is 2.14. The number of amides is 1. The summed E-state index contributed by atoms with van der Waals surface area (Å²) >= 11 is 0.944. The SMILES string of the molecule is O=C(Nc1nnc(CS(=O)(=O)c2ccccc2)s1)c1ccc([N+](=O)[O-])cc1. The van der Waals surface area contributed by atoms with Crippen molar-refractivity contribution in [2.75, 3.05) is 5.32 Å². The molecule has 138 valence electrons. The number of anilines is 1. The summed E-state index contributed by atoms with van der Waals surface area (Å²) in [5.41, 5.74) is 0.0742. The largest absolute Gasteiger partial charge is 0.296 e. The van der Waals surface area contributed by atoms with Crippen LogP contribution in [0, 0.1) is 10.1 Å². The molecule has 27 heavy (non-hydrogen) atoms. The van der Waals surface area contributed by atoms with E-state index in [0.29, 0.717) is 0 Å². The number of hydrogen-bond donors (Lipinski definition) is 1. The standard InChI is InChI=1S/C16H12N4O5S2/c21-15(11-6-8-12(9-7-11)20(22)23)17-16-19-18-14(26-16)10-27(24,25)13-4-2-1-3-5-13/h1-9H,10H2,(H,17,19,21). The molecule has 1 aromatic heterocycles. The van der Waals surface area contributed by atoms with Crippen molar-refractivity contribution in [2.45, 2.75) is 10.6 Å². The van der Waals surface area contributed by atoms with Gasteiger partial charge in [0, 0.05) is 17.7 Å². The van der Waals surface area contributed by atoms with E-state index in [9.17, 15) is 23.3 Å². The van der Waals surface area contributed by atoms with Gasteiger partial charge in [-0.25, -0.2) is 8.42 Å². The first-order chi connectivity index (χ1) is 12.8. The molecule has 0 saturated carbocycles. The van der Waals surface area contributed by atoms with Crippen LogP contribution < -0.4 is 5.32 Å². The molecule has 0 bridgehead atoms. The second-order valence-corrected chi connectivity index (χ2v) is 8.38. The van der Waals surface area contributed by atoms with Crippen molar-refractivity contribution in [3.63, 3.8) is 0 Å². The number of nitro benzene ring substituents is 1. The number of nitrogens with zero attached hydrogens (tertiary/aromatic N) is 3. The van der Waals surface area contributed by atoms with E-state index in [0.717, 1.165) is 11.3 Å². The van der Waals surface area contributed by atoms with Gasteiger partial charge in [-0.1, -0.05) is 29.5 Å². The Balaban J connectivity index is 1.69. The highest BCUT2D eigenvalue weighted by molar-refractivity contribution is 7.90. The van der Waals surface area contributed by atoms with Gasteiger partial charge < -0.3 is 0 Å². The molecule has 0 aliphatic rings. The minimum atomic E-state index is -3.56. The van der Waals surface area contributed by atoms with Crippen molar-refractivity contribution >= 4 is 37.9 Å². The van der Waals surface area contributed by atoms with E-state index in [-0.39, 0.29) is 32.0 Å². The number of carbonyl (C=O) groups excluding carboxylic acids is 1. The maximum Gasteiger partial charge on any atom is 0.269 e. The molecule has 1 N–H and O–H groups in total. The van der Waals surface area contributed by atoms with E-state index in [1.165, 1.54) is 36.4 Å². The fraction of sp³-hybridized carbons (Fsp3) is 0.0625. The van der Waals surface area contributed by atoms with Crippen molar-refractivity contribution in [1.82, 2.24) is 10.2 Å². The highest BCUT2D eigenvalue weighted by Gasteiger charge is 2.19. The highest BCUT2D eigenvalue weighted by Crippen LogP contribution is 2.22. The Morgan fingerprint density at radius 3 is 2.37 bits per heavy atom. The average molecular weight is 404 g/mol. The second-order valence-electron chi connectivity index (χ2n) is 5.33. The predicted molar refractivity (Wildman–Crippen MR) is 98.3 cm³/mol. The van der Waals surface area contributed by atoms with Crippen LogP contribution in [0.15, 0.2) is 59.5 Å². The quantitative estimate of drug-likeness (QED) is 0.493.